The van der Waals surface area contributed by atoms with Crippen LogP contribution < -0.4 is 5.32 Å². The van der Waals surface area contributed by atoms with Gasteiger partial charge in [-0.05, 0) is 14.1 Å². The molecule has 0 radical (unpaired) electrons. The van der Waals surface area contributed by atoms with Crippen LogP contribution in [0.15, 0.2) is 0 Å². The molecule has 0 saturated carbocycles. The highest BCUT2D eigenvalue weighted by Crippen LogP contribution is 2.15. The number of thioether (sulfide) groups is 1. The summed E-state index contributed by atoms with van der Waals surface area (Å²) in [6.07, 6.45) is 0. The van der Waals surface area contributed by atoms with Crippen molar-refractivity contribution in [3.63, 3.8) is 0 Å². The second-order valence-electron chi connectivity index (χ2n) is 2.19. The number of carbonyl (C=O) groups is 1. The van der Waals surface area contributed by atoms with Crippen molar-refractivity contribution >= 4 is 17.7 Å². The normalized spacial score (nSPS) is 27.0. The molecule has 0 bridgehead atoms. The zero-order valence-electron chi connectivity index (χ0n) is 5.55. The predicted molar refractivity (Wildman–Crippen MR) is 38.1 cm³/mol. The van der Waals surface area contributed by atoms with E-state index in [0.29, 0.717) is 5.75 Å². The molecule has 9 heavy (non-hydrogen) atoms. The molecular weight excluding hydrogens is 136 g/mol. The lowest BCUT2D eigenvalue weighted by Gasteiger charge is -2.16. The van der Waals surface area contributed by atoms with Crippen molar-refractivity contribution in [1.82, 2.24) is 10.2 Å². The molecule has 3 nitrogen and oxygen atoms in total. The molecule has 1 saturated heterocycles. The summed E-state index contributed by atoms with van der Waals surface area (Å²) in [5.41, 5.74) is 0.192. The fourth-order valence-electron chi connectivity index (χ4n) is 0.654. The van der Waals surface area contributed by atoms with Crippen molar-refractivity contribution < 1.29 is 4.79 Å². The fraction of sp³-hybridized carbons (Fsp3) is 0.800. The van der Waals surface area contributed by atoms with Crippen molar-refractivity contribution in [3.05, 3.63) is 0 Å². The lowest BCUT2D eigenvalue weighted by Crippen LogP contribution is -2.36. The van der Waals surface area contributed by atoms with E-state index in [-0.39, 0.29) is 11.4 Å². The average Bonchev–Trinajstić information content (AvgIpc) is 2.14. The van der Waals surface area contributed by atoms with Gasteiger partial charge in [0.2, 0.25) is 5.91 Å². The van der Waals surface area contributed by atoms with Crippen molar-refractivity contribution in [2.75, 3.05) is 19.8 Å². The highest BCUT2D eigenvalue weighted by atomic mass is 32.2. The Morgan fingerprint density at radius 2 is 2.44 bits per heavy atom. The zero-order chi connectivity index (χ0) is 6.85. The average molecular weight is 146 g/mol. The molecule has 1 atom stereocenters. The smallest absolute Gasteiger partial charge is 0.231 e. The van der Waals surface area contributed by atoms with Gasteiger partial charge in [-0.1, -0.05) is 0 Å². The minimum atomic E-state index is 0.138. The summed E-state index contributed by atoms with van der Waals surface area (Å²) in [4.78, 5) is 12.6. The maximum Gasteiger partial charge on any atom is 0.231 e. The largest absolute Gasteiger partial charge is 0.331 e. The van der Waals surface area contributed by atoms with Gasteiger partial charge in [-0.25, -0.2) is 0 Å². The maximum atomic E-state index is 10.6. The number of carbonyl (C=O) groups excluding carboxylic acids is 1. The molecule has 1 N–H and O–H groups in total. The number of amides is 1. The van der Waals surface area contributed by atoms with Gasteiger partial charge in [-0.2, -0.15) is 0 Å². The predicted octanol–water partition coefficient (Wildman–Crippen LogP) is -0.305. The minimum Gasteiger partial charge on any atom is -0.331 e. The van der Waals surface area contributed by atoms with Gasteiger partial charge < -0.3 is 5.32 Å². The van der Waals surface area contributed by atoms with E-state index in [1.807, 2.05) is 19.0 Å². The number of rotatable bonds is 1. The van der Waals surface area contributed by atoms with E-state index in [0.717, 1.165) is 0 Å². The first-order chi connectivity index (χ1) is 4.20. The van der Waals surface area contributed by atoms with Crippen molar-refractivity contribution in [3.8, 4) is 0 Å². The summed E-state index contributed by atoms with van der Waals surface area (Å²) < 4.78 is 0. The summed E-state index contributed by atoms with van der Waals surface area (Å²) in [6, 6.07) is 0. The number of hydrogen-bond donors (Lipinski definition) is 1. The van der Waals surface area contributed by atoms with Gasteiger partial charge in [0.1, 0.15) is 5.50 Å². The summed E-state index contributed by atoms with van der Waals surface area (Å²) in [7, 11) is 3.90. The SMILES string of the molecule is CN(C)C1NC(=O)CS1. The fourth-order valence-corrected chi connectivity index (χ4v) is 1.56. The van der Waals surface area contributed by atoms with Crippen LogP contribution in [-0.2, 0) is 4.79 Å². The molecule has 0 aliphatic carbocycles. The number of hydrogen-bond acceptors (Lipinski definition) is 3. The molecule has 0 aromatic carbocycles. The van der Waals surface area contributed by atoms with Gasteiger partial charge in [0.15, 0.2) is 0 Å². The van der Waals surface area contributed by atoms with E-state index < -0.39 is 0 Å². The standard InChI is InChI=1S/C5H10N2OS/c1-7(2)5-6-4(8)3-9-5/h5H,3H2,1-2H3,(H,6,8). The van der Waals surface area contributed by atoms with Crippen LogP contribution in [0.4, 0.5) is 0 Å². The van der Waals surface area contributed by atoms with E-state index in [2.05, 4.69) is 5.32 Å². The lowest BCUT2D eigenvalue weighted by molar-refractivity contribution is -0.118. The van der Waals surface area contributed by atoms with Crippen LogP contribution in [0.25, 0.3) is 0 Å². The van der Waals surface area contributed by atoms with E-state index in [4.69, 9.17) is 0 Å². The van der Waals surface area contributed by atoms with Crippen LogP contribution in [0.1, 0.15) is 0 Å². The Bertz CT molecular complexity index is 126. The third-order valence-electron chi connectivity index (χ3n) is 1.13. The lowest BCUT2D eigenvalue weighted by atomic mass is 10.7. The van der Waals surface area contributed by atoms with Crippen LogP contribution in [0.5, 0.6) is 0 Å². The van der Waals surface area contributed by atoms with Crippen molar-refractivity contribution in [1.29, 1.82) is 0 Å². The van der Waals surface area contributed by atoms with Crippen molar-refractivity contribution in [2.45, 2.75) is 5.50 Å². The summed E-state index contributed by atoms with van der Waals surface area (Å²) >= 11 is 1.62. The second kappa shape index (κ2) is 2.58. The summed E-state index contributed by atoms with van der Waals surface area (Å²) in [5.74, 6) is 0.738. The molecule has 52 valence electrons. The molecular formula is C5H10N2OS. The third-order valence-corrected chi connectivity index (χ3v) is 2.41. The van der Waals surface area contributed by atoms with Gasteiger partial charge in [0.25, 0.3) is 0 Å². The first-order valence-corrected chi connectivity index (χ1v) is 3.82. The molecule has 0 aromatic heterocycles. The van der Waals surface area contributed by atoms with E-state index in [1.165, 1.54) is 0 Å². The zero-order valence-corrected chi connectivity index (χ0v) is 6.36. The number of nitrogens with one attached hydrogen (secondary N) is 1. The highest BCUT2D eigenvalue weighted by Gasteiger charge is 2.22. The van der Waals surface area contributed by atoms with E-state index >= 15 is 0 Å². The van der Waals surface area contributed by atoms with E-state index in [9.17, 15) is 4.79 Å². The molecule has 1 heterocycles. The molecule has 1 aliphatic heterocycles. The molecule has 1 fully saturated rings. The Morgan fingerprint density at radius 1 is 1.78 bits per heavy atom. The molecule has 0 spiro atoms. The highest BCUT2D eigenvalue weighted by molar-refractivity contribution is 8.00. The van der Waals surface area contributed by atoms with Gasteiger partial charge in [0, 0.05) is 0 Å². The molecule has 4 heteroatoms. The Labute approximate surface area is 58.8 Å². The topological polar surface area (TPSA) is 32.3 Å². The molecule has 1 amide bonds. The molecule has 1 unspecified atom stereocenters. The second-order valence-corrected chi connectivity index (χ2v) is 3.26. The van der Waals surface area contributed by atoms with E-state index in [1.54, 1.807) is 11.8 Å². The monoisotopic (exact) mass is 146 g/mol. The maximum absolute atomic E-state index is 10.6. The van der Waals surface area contributed by atoms with Crippen molar-refractivity contribution in [2.24, 2.45) is 0 Å². The van der Waals surface area contributed by atoms with Crippen LogP contribution in [-0.4, -0.2) is 36.2 Å². The molecule has 0 aromatic rings. The first kappa shape index (κ1) is 6.89. The Hall–Kier alpha value is -0.220. The first-order valence-electron chi connectivity index (χ1n) is 2.77. The Balaban J connectivity index is 2.39. The molecule has 1 aliphatic rings. The van der Waals surface area contributed by atoms with Gasteiger partial charge >= 0.3 is 0 Å². The minimum absolute atomic E-state index is 0.138. The molecule has 1 rings (SSSR count). The van der Waals surface area contributed by atoms with Crippen LogP contribution >= 0.6 is 11.8 Å². The van der Waals surface area contributed by atoms with Crippen LogP contribution in [0.2, 0.25) is 0 Å². The van der Waals surface area contributed by atoms with Gasteiger partial charge in [0.05, 0.1) is 5.75 Å². The van der Waals surface area contributed by atoms with Gasteiger partial charge in [-0.15, -0.1) is 11.8 Å². The third kappa shape index (κ3) is 1.59. The Kier molecular flexibility index (Phi) is 1.97. The van der Waals surface area contributed by atoms with Gasteiger partial charge in [-0.3, -0.25) is 9.69 Å². The quantitative estimate of drug-likeness (QED) is 0.551. The van der Waals surface area contributed by atoms with Crippen LogP contribution in [0, 0.1) is 0 Å². The summed E-state index contributed by atoms with van der Waals surface area (Å²) in [5, 5.41) is 2.80. The Morgan fingerprint density at radius 3 is 2.67 bits per heavy atom. The number of nitrogens with zero attached hydrogens (tertiary/aromatic N) is 1. The van der Waals surface area contributed by atoms with Crippen LogP contribution in [0.3, 0.4) is 0 Å². The summed E-state index contributed by atoms with van der Waals surface area (Å²) in [6.45, 7) is 0.